The monoisotopic (exact) mass is 419 g/mol. The third kappa shape index (κ3) is 6.51. The Balaban J connectivity index is 1.44. The molecule has 0 saturated carbocycles. The maximum absolute atomic E-state index is 11.9. The Bertz CT molecular complexity index is 819. The van der Waals surface area contributed by atoms with Gasteiger partial charge in [-0.3, -0.25) is 9.69 Å². The van der Waals surface area contributed by atoms with E-state index in [1.165, 1.54) is 6.42 Å². The van der Waals surface area contributed by atoms with Gasteiger partial charge in [-0.25, -0.2) is 5.43 Å². The van der Waals surface area contributed by atoms with Gasteiger partial charge < -0.3 is 4.74 Å². The minimum atomic E-state index is -0.0852. The molecule has 1 heterocycles. The number of rotatable bonds is 7. The van der Waals surface area contributed by atoms with Gasteiger partial charge in [0.15, 0.2) is 0 Å². The normalized spacial score (nSPS) is 14.9. The van der Waals surface area contributed by atoms with Crippen molar-refractivity contribution < 1.29 is 9.53 Å². The van der Waals surface area contributed by atoms with Crippen molar-refractivity contribution in [3.63, 3.8) is 0 Å². The lowest BCUT2D eigenvalue weighted by atomic mass is 10.1. The molecule has 1 aliphatic rings. The average molecular weight is 420 g/mol. The molecular weight excluding hydrogens is 397 g/mol. The molecule has 1 fully saturated rings. The first-order valence-electron chi connectivity index (χ1n) is 9.31. The molecule has 0 atom stereocenters. The summed E-state index contributed by atoms with van der Waals surface area (Å²) in [6.45, 7) is 2.73. The van der Waals surface area contributed by atoms with Crippen LogP contribution in [0, 0.1) is 0 Å². The van der Waals surface area contributed by atoms with Gasteiger partial charge in [-0.1, -0.05) is 35.7 Å². The smallest absolute Gasteiger partial charge is 0.254 e. The van der Waals surface area contributed by atoms with Crippen molar-refractivity contribution in [1.29, 1.82) is 0 Å². The molecule has 148 valence electrons. The molecule has 0 spiro atoms. The number of nitrogens with one attached hydrogen (secondary N) is 1. The van der Waals surface area contributed by atoms with E-state index in [4.69, 9.17) is 27.9 Å². The van der Waals surface area contributed by atoms with Gasteiger partial charge in [-0.05, 0) is 67.9 Å². The summed E-state index contributed by atoms with van der Waals surface area (Å²) >= 11 is 12.0. The summed E-state index contributed by atoms with van der Waals surface area (Å²) in [5.74, 6) is 0.634. The molecule has 3 rings (SSSR count). The summed E-state index contributed by atoms with van der Waals surface area (Å²) in [6, 6.07) is 12.8. The van der Waals surface area contributed by atoms with E-state index >= 15 is 0 Å². The summed E-state index contributed by atoms with van der Waals surface area (Å²) in [5, 5.41) is 5.21. The fraction of sp³-hybridized carbons (Fsp3) is 0.333. The average Bonchev–Trinajstić information content (AvgIpc) is 2.69. The van der Waals surface area contributed by atoms with Crippen molar-refractivity contribution >= 4 is 35.3 Å². The number of likely N-dealkylation sites (tertiary alicyclic amines) is 1. The zero-order chi connectivity index (χ0) is 19.8. The van der Waals surface area contributed by atoms with Crippen LogP contribution in [-0.2, 0) is 11.4 Å². The van der Waals surface area contributed by atoms with Crippen LogP contribution in [0.2, 0.25) is 10.0 Å². The highest BCUT2D eigenvalue weighted by molar-refractivity contribution is 6.35. The molecule has 1 aliphatic heterocycles. The first-order valence-corrected chi connectivity index (χ1v) is 10.1. The number of nitrogens with zero attached hydrogens (tertiary/aromatic N) is 2. The van der Waals surface area contributed by atoms with Crippen molar-refractivity contribution in [2.24, 2.45) is 5.10 Å². The number of amides is 1. The highest BCUT2D eigenvalue weighted by Crippen LogP contribution is 2.22. The second-order valence-corrected chi connectivity index (χ2v) is 7.57. The number of piperidine rings is 1. The van der Waals surface area contributed by atoms with Crippen molar-refractivity contribution in [1.82, 2.24) is 10.3 Å². The minimum Gasteiger partial charge on any atom is -0.489 e. The number of halogens is 2. The molecule has 0 aromatic heterocycles. The van der Waals surface area contributed by atoms with Crippen LogP contribution in [-0.4, -0.2) is 36.7 Å². The maximum Gasteiger partial charge on any atom is 0.254 e. The molecule has 0 radical (unpaired) electrons. The topological polar surface area (TPSA) is 53.9 Å². The largest absolute Gasteiger partial charge is 0.489 e. The number of hydrogen-bond acceptors (Lipinski definition) is 4. The number of hydrogen-bond donors (Lipinski definition) is 1. The highest BCUT2D eigenvalue weighted by Gasteiger charge is 2.13. The number of ether oxygens (including phenoxy) is 1. The molecule has 5 nitrogen and oxygen atoms in total. The van der Waals surface area contributed by atoms with Gasteiger partial charge in [0.05, 0.1) is 12.8 Å². The van der Waals surface area contributed by atoms with Crippen molar-refractivity contribution in [3.05, 3.63) is 63.6 Å². The molecule has 1 saturated heterocycles. The molecule has 28 heavy (non-hydrogen) atoms. The molecule has 2 aromatic rings. The molecular formula is C21H23Cl2N3O2. The first kappa shape index (κ1) is 20.6. The van der Waals surface area contributed by atoms with E-state index in [2.05, 4.69) is 15.4 Å². The van der Waals surface area contributed by atoms with Gasteiger partial charge in [-0.15, -0.1) is 0 Å². The van der Waals surface area contributed by atoms with Crippen LogP contribution < -0.4 is 10.2 Å². The van der Waals surface area contributed by atoms with Crippen LogP contribution in [0.3, 0.4) is 0 Å². The van der Waals surface area contributed by atoms with Crippen LogP contribution >= 0.6 is 23.2 Å². The van der Waals surface area contributed by atoms with Crippen molar-refractivity contribution in [2.75, 3.05) is 19.6 Å². The van der Waals surface area contributed by atoms with Crippen LogP contribution in [0.5, 0.6) is 5.75 Å². The van der Waals surface area contributed by atoms with E-state index in [0.717, 1.165) is 42.8 Å². The van der Waals surface area contributed by atoms with E-state index in [0.29, 0.717) is 23.2 Å². The fourth-order valence-electron chi connectivity index (χ4n) is 2.98. The van der Waals surface area contributed by atoms with Gasteiger partial charge in [0.1, 0.15) is 12.4 Å². The Labute approximate surface area is 175 Å². The minimum absolute atomic E-state index is 0.0852. The summed E-state index contributed by atoms with van der Waals surface area (Å²) in [5.41, 5.74) is 4.32. The molecule has 0 aliphatic carbocycles. The summed E-state index contributed by atoms with van der Waals surface area (Å²) in [4.78, 5) is 14.1. The van der Waals surface area contributed by atoms with Crippen molar-refractivity contribution in [2.45, 2.75) is 25.9 Å². The zero-order valence-corrected chi connectivity index (χ0v) is 17.0. The molecule has 1 N–H and O–H groups in total. The number of benzene rings is 2. The van der Waals surface area contributed by atoms with Crippen LogP contribution in [0.4, 0.5) is 0 Å². The van der Waals surface area contributed by atoms with Gasteiger partial charge >= 0.3 is 0 Å². The van der Waals surface area contributed by atoms with E-state index in [1.807, 2.05) is 30.3 Å². The highest BCUT2D eigenvalue weighted by atomic mass is 35.5. The predicted octanol–water partition coefficient (Wildman–Crippen LogP) is 4.51. The maximum atomic E-state index is 11.9. The Morgan fingerprint density at radius 1 is 1.11 bits per heavy atom. The Morgan fingerprint density at radius 3 is 2.57 bits per heavy atom. The van der Waals surface area contributed by atoms with Gasteiger partial charge in [0.25, 0.3) is 5.91 Å². The summed E-state index contributed by atoms with van der Waals surface area (Å²) in [7, 11) is 0. The Hall–Kier alpha value is -2.08. The lowest BCUT2D eigenvalue weighted by molar-refractivity contribution is -0.122. The fourth-order valence-corrected chi connectivity index (χ4v) is 3.45. The van der Waals surface area contributed by atoms with Crippen LogP contribution in [0.15, 0.2) is 47.6 Å². The number of carbonyl (C=O) groups excluding carboxylic acids is 1. The second-order valence-electron chi connectivity index (χ2n) is 6.72. The Morgan fingerprint density at radius 2 is 1.86 bits per heavy atom. The SMILES string of the molecule is O=C(CN1CCCCC1)N/N=C/c1ccc(OCc2ccc(Cl)cc2Cl)cc1. The predicted molar refractivity (Wildman–Crippen MR) is 113 cm³/mol. The molecule has 7 heteroatoms. The van der Waals surface area contributed by atoms with Gasteiger partial charge in [0, 0.05) is 15.6 Å². The van der Waals surface area contributed by atoms with Crippen LogP contribution in [0.25, 0.3) is 0 Å². The Kier molecular flexibility index (Phi) is 7.71. The third-order valence-electron chi connectivity index (χ3n) is 4.51. The van der Waals surface area contributed by atoms with E-state index in [1.54, 1.807) is 18.3 Å². The third-order valence-corrected chi connectivity index (χ3v) is 5.10. The lowest BCUT2D eigenvalue weighted by Gasteiger charge is -2.25. The molecule has 1 amide bonds. The number of carbonyl (C=O) groups is 1. The molecule has 0 unspecified atom stereocenters. The van der Waals surface area contributed by atoms with Gasteiger partial charge in [-0.2, -0.15) is 5.10 Å². The lowest BCUT2D eigenvalue weighted by Crippen LogP contribution is -2.38. The molecule has 2 aromatic carbocycles. The van der Waals surface area contributed by atoms with E-state index < -0.39 is 0 Å². The summed E-state index contributed by atoms with van der Waals surface area (Å²) < 4.78 is 5.75. The van der Waals surface area contributed by atoms with Crippen molar-refractivity contribution in [3.8, 4) is 5.75 Å². The van der Waals surface area contributed by atoms with Gasteiger partial charge in [0.2, 0.25) is 0 Å². The quantitative estimate of drug-likeness (QED) is 0.530. The second kappa shape index (κ2) is 10.5. The standard InChI is InChI=1S/C21H23Cl2N3O2/c22-18-7-6-17(20(23)12-18)15-28-19-8-4-16(5-9-19)13-24-25-21(27)14-26-10-2-1-3-11-26/h4-9,12-13H,1-3,10-11,14-15H2,(H,25,27)/b24-13+. The van der Waals surface area contributed by atoms with E-state index in [-0.39, 0.29) is 5.91 Å². The van der Waals surface area contributed by atoms with Crippen LogP contribution in [0.1, 0.15) is 30.4 Å². The number of hydrazone groups is 1. The van der Waals surface area contributed by atoms with E-state index in [9.17, 15) is 4.79 Å². The molecule has 0 bridgehead atoms. The first-order chi connectivity index (χ1) is 13.6. The zero-order valence-electron chi connectivity index (χ0n) is 15.5. The summed E-state index contributed by atoms with van der Waals surface area (Å²) in [6.07, 6.45) is 5.20.